The number of H-pyrrole nitrogens is 1. The summed E-state index contributed by atoms with van der Waals surface area (Å²) in [6, 6.07) is 0. The van der Waals surface area contributed by atoms with Gasteiger partial charge in [-0.2, -0.15) is 15.4 Å². The number of sulfone groups is 1. The van der Waals surface area contributed by atoms with Gasteiger partial charge < -0.3 is 5.32 Å². The van der Waals surface area contributed by atoms with Crippen LogP contribution in [0.15, 0.2) is 6.20 Å². The van der Waals surface area contributed by atoms with Gasteiger partial charge in [0.15, 0.2) is 15.5 Å². The first-order valence-electron chi connectivity index (χ1n) is 4.79. The van der Waals surface area contributed by atoms with Gasteiger partial charge in [0.25, 0.3) is 5.91 Å². The fourth-order valence-electron chi connectivity index (χ4n) is 1.76. The molecular formula is C8H12N4O3S. The molecule has 1 unspecified atom stereocenters. The van der Waals surface area contributed by atoms with Crippen molar-refractivity contribution in [2.75, 3.05) is 11.5 Å². The summed E-state index contributed by atoms with van der Waals surface area (Å²) in [5.41, 5.74) is -0.542. The van der Waals surface area contributed by atoms with Crippen LogP contribution in [0, 0.1) is 0 Å². The van der Waals surface area contributed by atoms with Gasteiger partial charge in [0.1, 0.15) is 0 Å². The van der Waals surface area contributed by atoms with Gasteiger partial charge in [-0.05, 0) is 13.3 Å². The molecule has 1 amide bonds. The zero-order chi connectivity index (χ0) is 11.8. The Bertz CT molecular complexity index is 495. The number of aromatic nitrogens is 3. The first-order valence-corrected chi connectivity index (χ1v) is 6.61. The number of nitrogens with one attached hydrogen (secondary N) is 2. The maximum absolute atomic E-state index is 11.6. The summed E-state index contributed by atoms with van der Waals surface area (Å²) in [4.78, 5) is 11.6. The van der Waals surface area contributed by atoms with E-state index in [1.165, 1.54) is 6.20 Å². The number of aromatic amines is 1. The summed E-state index contributed by atoms with van der Waals surface area (Å²) in [6.07, 6.45) is 1.72. The van der Waals surface area contributed by atoms with Gasteiger partial charge in [0.2, 0.25) is 0 Å². The Morgan fingerprint density at radius 3 is 2.88 bits per heavy atom. The molecule has 0 spiro atoms. The maximum atomic E-state index is 11.6. The quantitative estimate of drug-likeness (QED) is 0.702. The van der Waals surface area contributed by atoms with Crippen molar-refractivity contribution in [2.45, 2.75) is 18.9 Å². The molecule has 88 valence electrons. The standard InChI is InChI=1S/C8H12N4O3S/c1-8(2-3-16(14,15)5-8)10-7(13)6-4-9-12-11-6/h4H,2-3,5H2,1H3,(H,10,13)(H,9,11,12). The van der Waals surface area contributed by atoms with Crippen LogP contribution in [0.25, 0.3) is 0 Å². The minimum absolute atomic E-state index is 0.0242. The van der Waals surface area contributed by atoms with Gasteiger partial charge >= 0.3 is 0 Å². The minimum atomic E-state index is -3.03. The highest BCUT2D eigenvalue weighted by molar-refractivity contribution is 7.91. The predicted octanol–water partition coefficient (Wildman–Crippen LogP) is -0.888. The molecule has 0 radical (unpaired) electrons. The number of hydrogen-bond acceptors (Lipinski definition) is 5. The minimum Gasteiger partial charge on any atom is -0.344 e. The molecule has 0 aromatic carbocycles. The average Bonchev–Trinajstić information content (AvgIpc) is 2.73. The van der Waals surface area contributed by atoms with Gasteiger partial charge in [-0.25, -0.2) is 8.42 Å². The number of rotatable bonds is 2. The summed E-state index contributed by atoms with van der Waals surface area (Å²) in [7, 11) is -3.03. The molecule has 0 saturated carbocycles. The van der Waals surface area contributed by atoms with Crippen LogP contribution in [0.5, 0.6) is 0 Å². The molecule has 1 aliphatic rings. The lowest BCUT2D eigenvalue weighted by Gasteiger charge is -2.22. The predicted molar refractivity (Wildman–Crippen MR) is 55.5 cm³/mol. The second-order valence-electron chi connectivity index (χ2n) is 4.21. The molecule has 8 heteroatoms. The van der Waals surface area contributed by atoms with Crippen molar-refractivity contribution in [3.05, 3.63) is 11.9 Å². The van der Waals surface area contributed by atoms with Crippen molar-refractivity contribution < 1.29 is 13.2 Å². The molecule has 0 bridgehead atoms. The Morgan fingerprint density at radius 1 is 1.62 bits per heavy atom. The van der Waals surface area contributed by atoms with Gasteiger partial charge in [-0.1, -0.05) is 0 Å². The van der Waals surface area contributed by atoms with Crippen molar-refractivity contribution in [1.29, 1.82) is 0 Å². The highest BCUT2D eigenvalue weighted by Gasteiger charge is 2.39. The third-order valence-corrected chi connectivity index (χ3v) is 4.47. The van der Waals surface area contributed by atoms with Crippen molar-refractivity contribution in [1.82, 2.24) is 20.7 Å². The number of amides is 1. The van der Waals surface area contributed by atoms with E-state index in [2.05, 4.69) is 20.7 Å². The highest BCUT2D eigenvalue weighted by Crippen LogP contribution is 2.22. The third-order valence-electron chi connectivity index (χ3n) is 2.57. The smallest absolute Gasteiger partial charge is 0.273 e. The normalized spacial score (nSPS) is 27.8. The topological polar surface area (TPSA) is 105 Å². The first-order chi connectivity index (χ1) is 7.40. The van der Waals surface area contributed by atoms with E-state index in [0.717, 1.165) is 0 Å². The monoisotopic (exact) mass is 244 g/mol. The Morgan fingerprint density at radius 2 is 2.38 bits per heavy atom. The van der Waals surface area contributed by atoms with E-state index in [9.17, 15) is 13.2 Å². The first kappa shape index (κ1) is 11.1. The van der Waals surface area contributed by atoms with Crippen molar-refractivity contribution in [3.8, 4) is 0 Å². The molecule has 1 saturated heterocycles. The van der Waals surface area contributed by atoms with Crippen LogP contribution in [-0.4, -0.2) is 46.8 Å². The van der Waals surface area contributed by atoms with E-state index in [4.69, 9.17) is 0 Å². The molecule has 1 aromatic rings. The van der Waals surface area contributed by atoms with Gasteiger partial charge in [0, 0.05) is 0 Å². The fourth-order valence-corrected chi connectivity index (χ4v) is 3.85. The highest BCUT2D eigenvalue weighted by atomic mass is 32.2. The van der Waals surface area contributed by atoms with Crippen LogP contribution in [-0.2, 0) is 9.84 Å². The van der Waals surface area contributed by atoms with E-state index < -0.39 is 21.3 Å². The van der Waals surface area contributed by atoms with E-state index in [1.54, 1.807) is 6.92 Å². The molecule has 2 rings (SSSR count). The molecule has 1 atom stereocenters. The van der Waals surface area contributed by atoms with Crippen LogP contribution < -0.4 is 5.32 Å². The summed E-state index contributed by atoms with van der Waals surface area (Å²) >= 11 is 0. The van der Waals surface area contributed by atoms with E-state index >= 15 is 0 Å². The van der Waals surface area contributed by atoms with Crippen LogP contribution >= 0.6 is 0 Å². The van der Waals surface area contributed by atoms with Crippen LogP contribution in [0.4, 0.5) is 0 Å². The van der Waals surface area contributed by atoms with E-state index in [0.29, 0.717) is 6.42 Å². The summed E-state index contributed by atoms with van der Waals surface area (Å²) in [5.74, 6) is -0.319. The second kappa shape index (κ2) is 3.55. The van der Waals surface area contributed by atoms with Crippen LogP contribution in [0.2, 0.25) is 0 Å². The largest absolute Gasteiger partial charge is 0.344 e. The SMILES string of the molecule is CC1(NC(=O)c2cn[nH]n2)CCS(=O)(=O)C1. The molecule has 1 fully saturated rings. The van der Waals surface area contributed by atoms with Crippen molar-refractivity contribution in [2.24, 2.45) is 0 Å². The molecule has 0 aliphatic carbocycles. The van der Waals surface area contributed by atoms with E-state index in [-0.39, 0.29) is 17.2 Å². The van der Waals surface area contributed by atoms with Gasteiger partial charge in [0.05, 0.1) is 23.2 Å². The van der Waals surface area contributed by atoms with Crippen LogP contribution in [0.3, 0.4) is 0 Å². The number of carbonyl (C=O) groups is 1. The summed E-state index contributed by atoms with van der Waals surface area (Å²) in [6.45, 7) is 1.72. The maximum Gasteiger partial charge on any atom is 0.273 e. The third kappa shape index (κ3) is 2.21. The Hall–Kier alpha value is -1.44. The molecule has 2 N–H and O–H groups in total. The number of hydrogen-bond donors (Lipinski definition) is 2. The lowest BCUT2D eigenvalue weighted by atomic mass is 10.0. The lowest BCUT2D eigenvalue weighted by molar-refractivity contribution is 0.0910. The summed E-state index contributed by atoms with van der Waals surface area (Å²) < 4.78 is 22.7. The zero-order valence-corrected chi connectivity index (χ0v) is 9.54. The Kier molecular flexibility index (Phi) is 2.45. The summed E-state index contributed by atoms with van der Waals surface area (Å²) in [5, 5.41) is 12.1. The molecule has 1 aromatic heterocycles. The number of nitrogens with zero attached hydrogens (tertiary/aromatic N) is 2. The molecule has 2 heterocycles. The molecule has 7 nitrogen and oxygen atoms in total. The van der Waals surface area contributed by atoms with Crippen molar-refractivity contribution >= 4 is 15.7 Å². The zero-order valence-electron chi connectivity index (χ0n) is 8.73. The molecular weight excluding hydrogens is 232 g/mol. The number of carbonyl (C=O) groups excluding carboxylic acids is 1. The van der Waals surface area contributed by atoms with Crippen LogP contribution in [0.1, 0.15) is 23.8 Å². The van der Waals surface area contributed by atoms with E-state index in [1.807, 2.05) is 0 Å². The van der Waals surface area contributed by atoms with Gasteiger partial charge in [-0.3, -0.25) is 4.79 Å². The Labute approximate surface area is 92.5 Å². The lowest BCUT2D eigenvalue weighted by Crippen LogP contribution is -2.47. The van der Waals surface area contributed by atoms with Gasteiger partial charge in [-0.15, -0.1) is 0 Å². The average molecular weight is 244 g/mol. The van der Waals surface area contributed by atoms with Crippen molar-refractivity contribution in [3.63, 3.8) is 0 Å². The second-order valence-corrected chi connectivity index (χ2v) is 6.40. The Balaban J connectivity index is 2.09. The fraction of sp³-hybridized carbons (Fsp3) is 0.625. The molecule has 16 heavy (non-hydrogen) atoms. The molecule has 1 aliphatic heterocycles.